The number of anilines is 1. The van der Waals surface area contributed by atoms with Crippen LogP contribution in [0.4, 0.5) is 5.82 Å². The van der Waals surface area contributed by atoms with E-state index in [0.717, 1.165) is 28.6 Å². The minimum Gasteiger partial charge on any atom is -0.493 e. The maximum absolute atomic E-state index is 12.8. The Balaban J connectivity index is 1.41. The van der Waals surface area contributed by atoms with E-state index in [0.29, 0.717) is 43.5 Å². The van der Waals surface area contributed by atoms with Crippen molar-refractivity contribution in [1.82, 2.24) is 24.6 Å². The van der Waals surface area contributed by atoms with E-state index in [-0.39, 0.29) is 5.91 Å². The molecule has 178 valence electrons. The predicted octanol–water partition coefficient (Wildman–Crippen LogP) is 2.97. The van der Waals surface area contributed by atoms with Gasteiger partial charge in [-0.25, -0.2) is 14.6 Å². The molecule has 1 aromatic carbocycles. The van der Waals surface area contributed by atoms with E-state index < -0.39 is 0 Å². The Hall–Kier alpha value is -3.88. The number of piperazine rings is 1. The van der Waals surface area contributed by atoms with Crippen LogP contribution < -0.4 is 14.4 Å². The molecule has 0 spiro atoms. The van der Waals surface area contributed by atoms with Gasteiger partial charge >= 0.3 is 0 Å². The number of rotatable bonds is 6. The summed E-state index contributed by atoms with van der Waals surface area (Å²) in [5.41, 5.74) is 2.85. The Bertz CT molecular complexity index is 1210. The van der Waals surface area contributed by atoms with E-state index in [2.05, 4.69) is 20.0 Å². The van der Waals surface area contributed by atoms with Crippen LogP contribution in [-0.4, -0.2) is 71.0 Å². The largest absolute Gasteiger partial charge is 0.493 e. The standard InChI is InChI=1S/C25H30N6O3/c1-17-14-18(2)31(28-17)24-16-23(26-19(3)27-24)29-10-12-30(13-11-29)25(32)9-7-20-6-8-21(33-4)22(15-20)34-5/h6-9,14-16H,10-13H2,1-5H3/b9-7+. The van der Waals surface area contributed by atoms with Crippen molar-refractivity contribution in [2.75, 3.05) is 45.3 Å². The summed E-state index contributed by atoms with van der Waals surface area (Å²) in [7, 11) is 3.19. The molecule has 1 amide bonds. The first-order chi connectivity index (χ1) is 16.4. The normalized spacial score (nSPS) is 14.0. The topological polar surface area (TPSA) is 85.6 Å². The smallest absolute Gasteiger partial charge is 0.246 e. The van der Waals surface area contributed by atoms with Crippen molar-refractivity contribution in [3.63, 3.8) is 0 Å². The lowest BCUT2D eigenvalue weighted by molar-refractivity contribution is -0.126. The maximum atomic E-state index is 12.8. The number of carbonyl (C=O) groups excluding carboxylic acids is 1. The first-order valence-corrected chi connectivity index (χ1v) is 11.2. The number of nitrogens with zero attached hydrogens (tertiary/aromatic N) is 6. The van der Waals surface area contributed by atoms with Gasteiger partial charge in [0.05, 0.1) is 19.9 Å². The highest BCUT2D eigenvalue weighted by Crippen LogP contribution is 2.28. The average Bonchev–Trinajstić information content (AvgIpc) is 3.19. The van der Waals surface area contributed by atoms with Gasteiger partial charge in [0.15, 0.2) is 17.3 Å². The fourth-order valence-corrected chi connectivity index (χ4v) is 4.05. The van der Waals surface area contributed by atoms with Gasteiger partial charge in [-0.2, -0.15) is 5.10 Å². The predicted molar refractivity (Wildman–Crippen MR) is 131 cm³/mol. The zero-order valence-electron chi connectivity index (χ0n) is 20.3. The summed E-state index contributed by atoms with van der Waals surface area (Å²) in [4.78, 5) is 26.0. The zero-order chi connectivity index (χ0) is 24.2. The quantitative estimate of drug-likeness (QED) is 0.521. The van der Waals surface area contributed by atoms with Crippen molar-refractivity contribution in [2.24, 2.45) is 0 Å². The Labute approximate surface area is 199 Å². The first-order valence-electron chi connectivity index (χ1n) is 11.2. The van der Waals surface area contributed by atoms with E-state index in [1.807, 2.05) is 60.7 Å². The highest BCUT2D eigenvalue weighted by Gasteiger charge is 2.22. The molecule has 0 saturated carbocycles. The molecule has 0 atom stereocenters. The van der Waals surface area contributed by atoms with Crippen molar-refractivity contribution in [1.29, 1.82) is 0 Å². The fraction of sp³-hybridized carbons (Fsp3) is 0.360. The molecular formula is C25H30N6O3. The van der Waals surface area contributed by atoms with Crippen LogP contribution in [0.2, 0.25) is 0 Å². The number of benzene rings is 1. The average molecular weight is 463 g/mol. The number of aryl methyl sites for hydroxylation is 3. The van der Waals surface area contributed by atoms with Gasteiger partial charge < -0.3 is 19.3 Å². The summed E-state index contributed by atoms with van der Waals surface area (Å²) >= 11 is 0. The van der Waals surface area contributed by atoms with Crippen molar-refractivity contribution >= 4 is 17.8 Å². The molecule has 0 radical (unpaired) electrons. The molecule has 3 heterocycles. The van der Waals surface area contributed by atoms with E-state index in [4.69, 9.17) is 9.47 Å². The molecule has 0 unspecified atom stereocenters. The summed E-state index contributed by atoms with van der Waals surface area (Å²) in [5.74, 6) is 3.56. The molecule has 4 rings (SSSR count). The van der Waals surface area contributed by atoms with Crippen LogP contribution >= 0.6 is 0 Å². The summed E-state index contributed by atoms with van der Waals surface area (Å²) in [6.45, 7) is 8.50. The monoisotopic (exact) mass is 462 g/mol. The van der Waals surface area contributed by atoms with Gasteiger partial charge in [0.25, 0.3) is 0 Å². The van der Waals surface area contributed by atoms with E-state index >= 15 is 0 Å². The fourth-order valence-electron chi connectivity index (χ4n) is 4.05. The van der Waals surface area contributed by atoms with Crippen LogP contribution in [0.15, 0.2) is 36.4 Å². The maximum Gasteiger partial charge on any atom is 0.246 e. The van der Waals surface area contributed by atoms with Crippen LogP contribution in [0.1, 0.15) is 22.8 Å². The van der Waals surface area contributed by atoms with Crippen molar-refractivity contribution in [2.45, 2.75) is 20.8 Å². The number of ether oxygens (including phenoxy) is 2. The highest BCUT2D eigenvalue weighted by molar-refractivity contribution is 5.92. The minimum atomic E-state index is -0.0170. The second-order valence-corrected chi connectivity index (χ2v) is 8.23. The molecule has 9 nitrogen and oxygen atoms in total. The second kappa shape index (κ2) is 9.94. The molecule has 0 bridgehead atoms. The lowest BCUT2D eigenvalue weighted by atomic mass is 10.2. The molecule has 34 heavy (non-hydrogen) atoms. The third kappa shape index (κ3) is 5.03. The Morgan fingerprint density at radius 2 is 1.62 bits per heavy atom. The summed E-state index contributed by atoms with van der Waals surface area (Å²) in [6.07, 6.45) is 3.40. The van der Waals surface area contributed by atoms with Crippen LogP contribution in [0.3, 0.4) is 0 Å². The van der Waals surface area contributed by atoms with Gasteiger partial charge in [-0.05, 0) is 50.6 Å². The Morgan fingerprint density at radius 3 is 2.26 bits per heavy atom. The number of hydrogen-bond acceptors (Lipinski definition) is 7. The third-order valence-electron chi connectivity index (χ3n) is 5.78. The van der Waals surface area contributed by atoms with Gasteiger partial charge in [-0.1, -0.05) is 6.07 Å². The van der Waals surface area contributed by atoms with Crippen molar-refractivity contribution < 1.29 is 14.3 Å². The van der Waals surface area contributed by atoms with Crippen LogP contribution in [0.5, 0.6) is 11.5 Å². The Kier molecular flexibility index (Phi) is 6.81. The van der Waals surface area contributed by atoms with Crippen molar-refractivity contribution in [3.8, 4) is 17.3 Å². The summed E-state index contributed by atoms with van der Waals surface area (Å²) < 4.78 is 12.4. The zero-order valence-corrected chi connectivity index (χ0v) is 20.3. The molecule has 9 heteroatoms. The van der Waals surface area contributed by atoms with Gasteiger partial charge in [-0.3, -0.25) is 4.79 Å². The number of hydrogen-bond donors (Lipinski definition) is 0. The van der Waals surface area contributed by atoms with Crippen molar-refractivity contribution in [3.05, 3.63) is 59.2 Å². The van der Waals surface area contributed by atoms with Crippen LogP contribution in [0.25, 0.3) is 11.9 Å². The molecule has 2 aromatic heterocycles. The molecule has 1 saturated heterocycles. The molecule has 1 aliphatic rings. The SMILES string of the molecule is COc1ccc(/C=C/C(=O)N2CCN(c3cc(-n4nc(C)cc4C)nc(C)n3)CC2)cc1OC. The van der Waals surface area contributed by atoms with E-state index in [9.17, 15) is 4.79 Å². The lowest BCUT2D eigenvalue weighted by Crippen LogP contribution is -2.48. The Morgan fingerprint density at radius 1 is 0.912 bits per heavy atom. The summed E-state index contributed by atoms with van der Waals surface area (Å²) in [6, 6.07) is 9.54. The third-order valence-corrected chi connectivity index (χ3v) is 5.78. The van der Waals surface area contributed by atoms with E-state index in [1.54, 1.807) is 26.4 Å². The number of carbonyl (C=O) groups is 1. The molecular weight excluding hydrogens is 432 g/mol. The van der Waals surface area contributed by atoms with Gasteiger partial charge in [0.2, 0.25) is 5.91 Å². The van der Waals surface area contributed by atoms with Crippen LogP contribution in [0, 0.1) is 20.8 Å². The number of methoxy groups -OCH3 is 2. The van der Waals surface area contributed by atoms with Gasteiger partial charge in [0.1, 0.15) is 11.6 Å². The van der Waals surface area contributed by atoms with Crippen LogP contribution in [-0.2, 0) is 4.79 Å². The minimum absolute atomic E-state index is 0.0170. The first kappa shape index (κ1) is 23.3. The highest BCUT2D eigenvalue weighted by atomic mass is 16.5. The molecule has 0 aliphatic carbocycles. The molecule has 0 N–H and O–H groups in total. The number of amides is 1. The van der Waals surface area contributed by atoms with Gasteiger partial charge in [-0.15, -0.1) is 0 Å². The van der Waals surface area contributed by atoms with Gasteiger partial charge in [0, 0.05) is 44.0 Å². The number of aromatic nitrogens is 4. The molecule has 1 aliphatic heterocycles. The lowest BCUT2D eigenvalue weighted by Gasteiger charge is -2.35. The molecule has 3 aromatic rings. The van der Waals surface area contributed by atoms with E-state index in [1.165, 1.54) is 0 Å². The summed E-state index contributed by atoms with van der Waals surface area (Å²) in [5, 5.41) is 4.54. The second-order valence-electron chi connectivity index (χ2n) is 8.23. The molecule has 1 fully saturated rings.